The van der Waals surface area contributed by atoms with E-state index >= 15 is 0 Å². The maximum absolute atomic E-state index is 11.9. The van der Waals surface area contributed by atoms with Gasteiger partial charge in [0, 0.05) is 32.1 Å². The second kappa shape index (κ2) is 8.32. The summed E-state index contributed by atoms with van der Waals surface area (Å²) in [5, 5.41) is 11.5. The lowest BCUT2D eigenvalue weighted by atomic mass is 10.1. The Hall–Kier alpha value is -1.88. The Morgan fingerprint density at radius 2 is 2.10 bits per heavy atom. The van der Waals surface area contributed by atoms with Gasteiger partial charge in [0.25, 0.3) is 5.91 Å². The third-order valence-electron chi connectivity index (χ3n) is 3.15. The largest absolute Gasteiger partial charge is 0.395 e. The Labute approximate surface area is 119 Å². The van der Waals surface area contributed by atoms with Crippen LogP contribution in [0.5, 0.6) is 0 Å². The van der Waals surface area contributed by atoms with Crippen molar-refractivity contribution in [2.75, 3.05) is 26.7 Å². The normalized spacial score (nSPS) is 10.2. The van der Waals surface area contributed by atoms with Gasteiger partial charge < -0.3 is 15.3 Å². The number of nitrogens with zero attached hydrogens (tertiary/aromatic N) is 1. The molecule has 1 rings (SSSR count). The molecule has 0 bridgehead atoms. The lowest BCUT2D eigenvalue weighted by Crippen LogP contribution is -2.33. The van der Waals surface area contributed by atoms with Crippen molar-refractivity contribution in [2.45, 2.75) is 19.8 Å². The predicted octanol–water partition coefficient (Wildman–Crippen LogP) is 0.820. The van der Waals surface area contributed by atoms with E-state index in [1.165, 1.54) is 0 Å². The van der Waals surface area contributed by atoms with E-state index in [0.29, 0.717) is 31.5 Å². The summed E-state index contributed by atoms with van der Waals surface area (Å²) in [5.41, 5.74) is 1.56. The molecule has 0 saturated carbocycles. The van der Waals surface area contributed by atoms with Gasteiger partial charge in [0.1, 0.15) is 0 Å². The zero-order chi connectivity index (χ0) is 15.0. The van der Waals surface area contributed by atoms with Gasteiger partial charge in [-0.25, -0.2) is 0 Å². The minimum Gasteiger partial charge on any atom is -0.395 e. The first-order valence-corrected chi connectivity index (χ1v) is 6.82. The summed E-state index contributed by atoms with van der Waals surface area (Å²) >= 11 is 0. The summed E-state index contributed by atoms with van der Waals surface area (Å²) in [5.74, 6) is -0.111. The highest BCUT2D eigenvalue weighted by atomic mass is 16.3. The zero-order valence-electron chi connectivity index (χ0n) is 12.1. The highest BCUT2D eigenvalue weighted by molar-refractivity contribution is 5.94. The Bertz CT molecular complexity index is 460. The monoisotopic (exact) mass is 278 g/mol. The molecule has 110 valence electrons. The lowest BCUT2D eigenvalue weighted by Gasteiger charge is -2.19. The number of hydrogen-bond acceptors (Lipinski definition) is 3. The van der Waals surface area contributed by atoms with Crippen molar-refractivity contribution in [3.05, 3.63) is 35.4 Å². The summed E-state index contributed by atoms with van der Waals surface area (Å²) in [7, 11) is 1.59. The van der Waals surface area contributed by atoms with Gasteiger partial charge in [0.05, 0.1) is 6.61 Å². The fraction of sp³-hybridized carbons (Fsp3) is 0.467. The average molecular weight is 278 g/mol. The first kappa shape index (κ1) is 16.2. The van der Waals surface area contributed by atoms with Crippen LogP contribution >= 0.6 is 0 Å². The highest BCUT2D eigenvalue weighted by Gasteiger charge is 2.11. The van der Waals surface area contributed by atoms with Gasteiger partial charge in [0.15, 0.2) is 0 Å². The van der Waals surface area contributed by atoms with Crippen LogP contribution in [0, 0.1) is 0 Å². The van der Waals surface area contributed by atoms with Crippen molar-refractivity contribution in [3.8, 4) is 0 Å². The van der Waals surface area contributed by atoms with Gasteiger partial charge >= 0.3 is 0 Å². The quantitative estimate of drug-likeness (QED) is 0.776. The van der Waals surface area contributed by atoms with Crippen LogP contribution in [0.25, 0.3) is 0 Å². The maximum Gasteiger partial charge on any atom is 0.251 e. The van der Waals surface area contributed by atoms with Crippen molar-refractivity contribution < 1.29 is 14.7 Å². The van der Waals surface area contributed by atoms with Crippen LogP contribution in [0.1, 0.15) is 29.3 Å². The van der Waals surface area contributed by atoms with Gasteiger partial charge in [-0.3, -0.25) is 9.59 Å². The van der Waals surface area contributed by atoms with E-state index in [2.05, 4.69) is 5.32 Å². The first-order chi connectivity index (χ1) is 9.62. The SMILES string of the molecule is CCN(CCO)C(=O)CCc1cccc(C(=O)NC)c1. The Kier molecular flexibility index (Phi) is 6.73. The van der Waals surface area contributed by atoms with Gasteiger partial charge in [-0.2, -0.15) is 0 Å². The van der Waals surface area contributed by atoms with Crippen molar-refractivity contribution in [2.24, 2.45) is 0 Å². The number of hydrogen-bond donors (Lipinski definition) is 2. The van der Waals surface area contributed by atoms with Crippen LogP contribution in [-0.4, -0.2) is 48.6 Å². The highest BCUT2D eigenvalue weighted by Crippen LogP contribution is 2.09. The van der Waals surface area contributed by atoms with E-state index in [0.717, 1.165) is 5.56 Å². The third kappa shape index (κ3) is 4.66. The van der Waals surface area contributed by atoms with Crippen molar-refractivity contribution in [3.63, 3.8) is 0 Å². The maximum atomic E-state index is 11.9. The second-order valence-corrected chi connectivity index (χ2v) is 4.48. The number of carbonyl (C=O) groups excluding carboxylic acids is 2. The van der Waals surface area contributed by atoms with E-state index in [4.69, 9.17) is 5.11 Å². The van der Waals surface area contributed by atoms with E-state index < -0.39 is 0 Å². The molecule has 20 heavy (non-hydrogen) atoms. The van der Waals surface area contributed by atoms with Crippen LogP contribution in [0.3, 0.4) is 0 Å². The second-order valence-electron chi connectivity index (χ2n) is 4.48. The van der Waals surface area contributed by atoms with E-state index in [9.17, 15) is 9.59 Å². The molecular formula is C15H22N2O3. The molecule has 0 fully saturated rings. The molecule has 2 amide bonds. The van der Waals surface area contributed by atoms with E-state index in [-0.39, 0.29) is 18.4 Å². The number of aryl methyl sites for hydroxylation is 1. The predicted molar refractivity (Wildman–Crippen MR) is 77.5 cm³/mol. The molecule has 0 aliphatic carbocycles. The number of benzene rings is 1. The van der Waals surface area contributed by atoms with Gasteiger partial charge in [-0.15, -0.1) is 0 Å². The van der Waals surface area contributed by atoms with Crippen LogP contribution in [0.15, 0.2) is 24.3 Å². The molecule has 5 heteroatoms. The number of likely N-dealkylation sites (N-methyl/N-ethyl adjacent to an activating group) is 1. The number of rotatable bonds is 7. The molecule has 0 aliphatic rings. The van der Waals surface area contributed by atoms with E-state index in [1.54, 1.807) is 24.1 Å². The smallest absolute Gasteiger partial charge is 0.251 e. The molecule has 1 aromatic carbocycles. The Balaban J connectivity index is 2.61. The summed E-state index contributed by atoms with van der Waals surface area (Å²) in [6, 6.07) is 7.26. The van der Waals surface area contributed by atoms with Gasteiger partial charge in [-0.1, -0.05) is 12.1 Å². The third-order valence-corrected chi connectivity index (χ3v) is 3.15. The van der Waals surface area contributed by atoms with E-state index in [1.807, 2.05) is 19.1 Å². The molecule has 2 N–H and O–H groups in total. The molecule has 0 atom stereocenters. The van der Waals surface area contributed by atoms with Crippen molar-refractivity contribution in [1.82, 2.24) is 10.2 Å². The minimum atomic E-state index is -0.131. The molecule has 0 heterocycles. The number of aliphatic hydroxyl groups excluding tert-OH is 1. The molecule has 0 radical (unpaired) electrons. The van der Waals surface area contributed by atoms with Crippen molar-refractivity contribution >= 4 is 11.8 Å². The number of amides is 2. The summed E-state index contributed by atoms with van der Waals surface area (Å²) in [4.78, 5) is 25.1. The fourth-order valence-electron chi connectivity index (χ4n) is 2.00. The molecule has 0 saturated heterocycles. The summed E-state index contributed by atoms with van der Waals surface area (Å²) in [6.07, 6.45) is 0.969. The lowest BCUT2D eigenvalue weighted by molar-refractivity contribution is -0.131. The van der Waals surface area contributed by atoms with Crippen LogP contribution < -0.4 is 5.32 Å². The molecule has 0 spiro atoms. The Morgan fingerprint density at radius 3 is 2.70 bits per heavy atom. The molecular weight excluding hydrogens is 256 g/mol. The first-order valence-electron chi connectivity index (χ1n) is 6.82. The molecule has 5 nitrogen and oxygen atoms in total. The molecule has 1 aromatic rings. The number of aliphatic hydroxyl groups is 1. The van der Waals surface area contributed by atoms with Gasteiger partial charge in [0.2, 0.25) is 5.91 Å². The van der Waals surface area contributed by atoms with Gasteiger partial charge in [-0.05, 0) is 31.0 Å². The fourth-order valence-corrected chi connectivity index (χ4v) is 2.00. The van der Waals surface area contributed by atoms with Crippen molar-refractivity contribution in [1.29, 1.82) is 0 Å². The topological polar surface area (TPSA) is 69.6 Å². The number of nitrogens with one attached hydrogen (secondary N) is 1. The summed E-state index contributed by atoms with van der Waals surface area (Å²) < 4.78 is 0. The Morgan fingerprint density at radius 1 is 1.35 bits per heavy atom. The standard InChI is InChI=1S/C15H22N2O3/c1-3-17(9-10-18)14(19)8-7-12-5-4-6-13(11-12)15(20)16-2/h4-6,11,18H,3,7-10H2,1-2H3,(H,16,20). The van der Waals surface area contributed by atoms with Crippen LogP contribution in [0.4, 0.5) is 0 Å². The molecule has 0 aliphatic heterocycles. The average Bonchev–Trinajstić information content (AvgIpc) is 2.49. The minimum absolute atomic E-state index is 0.0203. The molecule has 0 aromatic heterocycles. The summed E-state index contributed by atoms with van der Waals surface area (Å²) in [6.45, 7) is 2.83. The molecule has 0 unspecified atom stereocenters. The zero-order valence-corrected chi connectivity index (χ0v) is 12.1. The number of carbonyl (C=O) groups is 2. The van der Waals surface area contributed by atoms with Crippen LogP contribution in [0.2, 0.25) is 0 Å². The van der Waals surface area contributed by atoms with Crippen LogP contribution in [-0.2, 0) is 11.2 Å².